The average Bonchev–Trinajstić information content (AvgIpc) is 2.52. The Morgan fingerprint density at radius 3 is 2.90 bits per heavy atom. The highest BCUT2D eigenvalue weighted by atomic mass is 16.5. The van der Waals surface area contributed by atoms with Crippen molar-refractivity contribution in [3.63, 3.8) is 0 Å². The first-order valence-corrected chi connectivity index (χ1v) is 6.94. The Morgan fingerprint density at radius 2 is 2.19 bits per heavy atom. The van der Waals surface area contributed by atoms with Crippen molar-refractivity contribution in [2.45, 2.75) is 19.4 Å². The van der Waals surface area contributed by atoms with Crippen LogP contribution >= 0.6 is 0 Å². The van der Waals surface area contributed by atoms with Gasteiger partial charge in [0.1, 0.15) is 5.75 Å². The molecule has 0 aliphatic carbocycles. The normalized spacial score (nSPS) is 18.3. The lowest BCUT2D eigenvalue weighted by Crippen LogP contribution is -2.53. The molecule has 1 aromatic rings. The summed E-state index contributed by atoms with van der Waals surface area (Å²) in [5.74, 6) is -0.734. The zero-order chi connectivity index (χ0) is 15.2. The van der Waals surface area contributed by atoms with Crippen molar-refractivity contribution in [1.82, 2.24) is 4.90 Å². The Morgan fingerprint density at radius 1 is 1.43 bits per heavy atom. The van der Waals surface area contributed by atoms with Gasteiger partial charge in [-0.1, -0.05) is 25.1 Å². The fourth-order valence-electron chi connectivity index (χ4n) is 2.27. The molecular weight excluding hydrogens is 274 g/mol. The van der Waals surface area contributed by atoms with Gasteiger partial charge in [-0.05, 0) is 18.1 Å². The van der Waals surface area contributed by atoms with Crippen LogP contribution in [0, 0.1) is 0 Å². The number of nitrogens with zero attached hydrogens (tertiary/aromatic N) is 1. The van der Waals surface area contributed by atoms with Crippen LogP contribution in [0.2, 0.25) is 0 Å². The summed E-state index contributed by atoms with van der Waals surface area (Å²) in [7, 11) is 0. The van der Waals surface area contributed by atoms with Gasteiger partial charge in [0.05, 0.1) is 13.2 Å². The molecule has 0 radical (unpaired) electrons. The van der Waals surface area contributed by atoms with E-state index in [1.54, 1.807) is 6.07 Å². The summed E-state index contributed by atoms with van der Waals surface area (Å²) in [5.41, 5.74) is 1.02. The molecule has 21 heavy (non-hydrogen) atoms. The zero-order valence-corrected chi connectivity index (χ0v) is 11.9. The van der Waals surface area contributed by atoms with Gasteiger partial charge in [0.2, 0.25) is 0 Å². The molecule has 6 nitrogen and oxygen atoms in total. The molecule has 1 aromatic carbocycles. The highest BCUT2D eigenvalue weighted by molar-refractivity contribution is 5.84. The Bertz CT molecular complexity index is 517. The van der Waals surface area contributed by atoms with Crippen molar-refractivity contribution >= 4 is 11.9 Å². The van der Waals surface area contributed by atoms with Gasteiger partial charge >= 0.3 is 5.97 Å². The van der Waals surface area contributed by atoms with E-state index in [4.69, 9.17) is 14.6 Å². The largest absolute Gasteiger partial charge is 0.483 e. The summed E-state index contributed by atoms with van der Waals surface area (Å²) in [6.45, 7) is 2.48. The Kier molecular flexibility index (Phi) is 5.16. The maximum Gasteiger partial charge on any atom is 0.328 e. The minimum atomic E-state index is -1.06. The van der Waals surface area contributed by atoms with Crippen LogP contribution in [0.25, 0.3) is 0 Å². The Labute approximate surface area is 123 Å². The number of carboxylic acids is 1. The number of carboxylic acid groups (broad SMARTS) is 1. The molecule has 2 rings (SSSR count). The van der Waals surface area contributed by atoms with Crippen LogP contribution in [0.5, 0.6) is 5.75 Å². The third kappa shape index (κ3) is 3.72. The molecule has 1 saturated heterocycles. The molecule has 0 spiro atoms. The fraction of sp³-hybridized carbons (Fsp3) is 0.467. The molecule has 1 fully saturated rings. The SMILES string of the molecule is CCc1ccccc1OCC(=O)N1CCOC[C@@H]1C(=O)O. The minimum absolute atomic E-state index is 0.0205. The summed E-state index contributed by atoms with van der Waals surface area (Å²) < 4.78 is 10.7. The molecule has 0 unspecified atom stereocenters. The molecule has 1 heterocycles. The highest BCUT2D eigenvalue weighted by Crippen LogP contribution is 2.18. The number of aryl methyl sites for hydroxylation is 1. The summed E-state index contributed by atoms with van der Waals surface area (Å²) in [4.78, 5) is 24.6. The van der Waals surface area contributed by atoms with Gasteiger partial charge < -0.3 is 19.5 Å². The van der Waals surface area contributed by atoms with Crippen LogP contribution in [-0.4, -0.2) is 54.3 Å². The molecule has 1 amide bonds. The van der Waals surface area contributed by atoms with Gasteiger partial charge in [-0.2, -0.15) is 0 Å². The van der Waals surface area contributed by atoms with E-state index in [2.05, 4.69) is 0 Å². The zero-order valence-electron chi connectivity index (χ0n) is 11.9. The number of ether oxygens (including phenoxy) is 2. The van der Waals surface area contributed by atoms with Crippen molar-refractivity contribution < 1.29 is 24.2 Å². The van der Waals surface area contributed by atoms with Gasteiger partial charge in [0.15, 0.2) is 12.6 Å². The first-order chi connectivity index (χ1) is 10.1. The first-order valence-electron chi connectivity index (χ1n) is 6.94. The molecule has 1 atom stereocenters. The molecule has 1 aliphatic rings. The van der Waals surface area contributed by atoms with E-state index in [-0.39, 0.29) is 25.7 Å². The third-order valence-corrected chi connectivity index (χ3v) is 3.44. The van der Waals surface area contributed by atoms with Gasteiger partial charge in [-0.25, -0.2) is 4.79 Å². The number of carbonyl (C=O) groups is 2. The topological polar surface area (TPSA) is 76.1 Å². The number of rotatable bonds is 5. The molecule has 114 valence electrons. The average molecular weight is 293 g/mol. The number of hydrogen-bond donors (Lipinski definition) is 1. The van der Waals surface area contributed by atoms with Crippen molar-refractivity contribution in [2.24, 2.45) is 0 Å². The predicted octanol–water partition coefficient (Wildman–Crippen LogP) is 0.940. The first kappa shape index (κ1) is 15.3. The second kappa shape index (κ2) is 7.08. The second-order valence-corrected chi connectivity index (χ2v) is 4.77. The number of amides is 1. The van der Waals surface area contributed by atoms with E-state index >= 15 is 0 Å². The predicted molar refractivity (Wildman–Crippen MR) is 75.3 cm³/mol. The van der Waals surface area contributed by atoms with Crippen molar-refractivity contribution in [3.8, 4) is 5.75 Å². The molecule has 0 bridgehead atoms. The summed E-state index contributed by atoms with van der Waals surface area (Å²) in [6.07, 6.45) is 0.805. The lowest BCUT2D eigenvalue weighted by atomic mass is 10.1. The van der Waals surface area contributed by atoms with E-state index in [1.165, 1.54) is 4.90 Å². The number of carbonyl (C=O) groups excluding carboxylic acids is 1. The van der Waals surface area contributed by atoms with Crippen molar-refractivity contribution in [2.75, 3.05) is 26.4 Å². The standard InChI is InChI=1S/C15H19NO5/c1-2-11-5-3-4-6-13(11)21-10-14(17)16-7-8-20-9-12(16)15(18)19/h3-6,12H,2,7-10H2,1H3,(H,18,19)/t12-/m1/s1. The quantitative estimate of drug-likeness (QED) is 0.874. The van der Waals surface area contributed by atoms with E-state index < -0.39 is 12.0 Å². The highest BCUT2D eigenvalue weighted by Gasteiger charge is 2.32. The number of benzene rings is 1. The monoisotopic (exact) mass is 293 g/mol. The summed E-state index contributed by atoms with van der Waals surface area (Å²) in [6, 6.07) is 6.56. The van der Waals surface area contributed by atoms with E-state index in [0.29, 0.717) is 12.4 Å². The van der Waals surface area contributed by atoms with Crippen LogP contribution in [0.15, 0.2) is 24.3 Å². The number of aliphatic carboxylic acids is 1. The number of hydrogen-bond acceptors (Lipinski definition) is 4. The van der Waals surface area contributed by atoms with E-state index in [0.717, 1.165) is 12.0 Å². The van der Waals surface area contributed by atoms with Gasteiger partial charge in [0, 0.05) is 6.54 Å². The van der Waals surface area contributed by atoms with Crippen LogP contribution in [0.4, 0.5) is 0 Å². The molecule has 0 saturated carbocycles. The maximum atomic E-state index is 12.2. The maximum absolute atomic E-state index is 12.2. The molecule has 1 N–H and O–H groups in total. The van der Waals surface area contributed by atoms with Crippen molar-refractivity contribution in [3.05, 3.63) is 29.8 Å². The Balaban J connectivity index is 1.99. The lowest BCUT2D eigenvalue weighted by Gasteiger charge is -2.32. The molecule has 1 aliphatic heterocycles. The van der Waals surface area contributed by atoms with E-state index in [1.807, 2.05) is 25.1 Å². The van der Waals surface area contributed by atoms with Crippen LogP contribution in [0.3, 0.4) is 0 Å². The molecule has 6 heteroatoms. The minimum Gasteiger partial charge on any atom is -0.483 e. The van der Waals surface area contributed by atoms with Crippen LogP contribution in [-0.2, 0) is 20.7 Å². The number of morpholine rings is 1. The molecule has 0 aromatic heterocycles. The Hall–Kier alpha value is -2.08. The van der Waals surface area contributed by atoms with Gasteiger partial charge in [-0.15, -0.1) is 0 Å². The second-order valence-electron chi connectivity index (χ2n) is 4.77. The smallest absolute Gasteiger partial charge is 0.328 e. The van der Waals surface area contributed by atoms with Crippen LogP contribution in [0.1, 0.15) is 12.5 Å². The third-order valence-electron chi connectivity index (χ3n) is 3.44. The fourth-order valence-corrected chi connectivity index (χ4v) is 2.27. The summed E-state index contributed by atoms with van der Waals surface area (Å²) >= 11 is 0. The summed E-state index contributed by atoms with van der Waals surface area (Å²) in [5, 5.41) is 9.11. The molecular formula is C15H19NO5. The van der Waals surface area contributed by atoms with Crippen LogP contribution < -0.4 is 4.74 Å². The van der Waals surface area contributed by atoms with Gasteiger partial charge in [-0.3, -0.25) is 4.79 Å². The van der Waals surface area contributed by atoms with Gasteiger partial charge in [0.25, 0.3) is 5.91 Å². The van der Waals surface area contributed by atoms with Crippen molar-refractivity contribution in [1.29, 1.82) is 0 Å². The van der Waals surface area contributed by atoms with E-state index in [9.17, 15) is 9.59 Å². The lowest BCUT2D eigenvalue weighted by molar-refractivity contribution is -0.159. The number of para-hydroxylation sites is 1.